The van der Waals surface area contributed by atoms with Crippen molar-refractivity contribution in [3.8, 4) is 5.69 Å². The number of halogens is 2. The maximum atomic E-state index is 14.3. The van der Waals surface area contributed by atoms with Crippen LogP contribution < -0.4 is 5.32 Å². The zero-order valence-corrected chi connectivity index (χ0v) is 13.2. The predicted octanol–water partition coefficient (Wildman–Crippen LogP) is 1.12. The van der Waals surface area contributed by atoms with Crippen molar-refractivity contribution in [1.82, 2.24) is 25.2 Å². The largest absolute Gasteiger partial charge is 0.338 e. The molecule has 0 spiro atoms. The summed E-state index contributed by atoms with van der Waals surface area (Å²) in [6.07, 6.45) is 3.01. The second kappa shape index (κ2) is 6.25. The van der Waals surface area contributed by atoms with Crippen molar-refractivity contribution < 1.29 is 9.18 Å². The number of rotatable bonds is 2. The zero-order chi connectivity index (χ0) is 15.1. The normalized spacial score (nSPS) is 22.7. The Morgan fingerprint density at radius 3 is 2.48 bits per heavy atom. The first kappa shape index (κ1) is 15.9. The average Bonchev–Trinajstić information content (AvgIpc) is 3.22. The Morgan fingerprint density at radius 2 is 1.83 bits per heavy atom. The molecule has 2 saturated heterocycles. The number of amides is 1. The Morgan fingerprint density at radius 1 is 1.17 bits per heavy atom. The van der Waals surface area contributed by atoms with Crippen LogP contribution in [0.5, 0.6) is 0 Å². The van der Waals surface area contributed by atoms with E-state index in [1.54, 1.807) is 17.0 Å². The molecule has 2 aliphatic rings. The van der Waals surface area contributed by atoms with E-state index < -0.39 is 5.82 Å². The molecule has 8 heteroatoms. The highest BCUT2D eigenvalue weighted by Crippen LogP contribution is 2.29. The Labute approximate surface area is 139 Å². The molecular formula is C15H17ClFN5O. The van der Waals surface area contributed by atoms with Gasteiger partial charge in [-0.05, 0) is 24.0 Å². The molecule has 23 heavy (non-hydrogen) atoms. The van der Waals surface area contributed by atoms with E-state index in [1.165, 1.54) is 23.3 Å². The Balaban J connectivity index is 0.00000156. The summed E-state index contributed by atoms with van der Waals surface area (Å²) in [5, 5.41) is 11.4. The van der Waals surface area contributed by atoms with Gasteiger partial charge >= 0.3 is 0 Å². The number of nitrogens with zero attached hydrogens (tertiary/aromatic N) is 4. The molecule has 0 bridgehead atoms. The molecule has 2 aromatic rings. The lowest BCUT2D eigenvalue weighted by Crippen LogP contribution is -2.33. The molecule has 122 valence electrons. The van der Waals surface area contributed by atoms with Gasteiger partial charge in [0.15, 0.2) is 0 Å². The van der Waals surface area contributed by atoms with Gasteiger partial charge in [0, 0.05) is 26.2 Å². The summed E-state index contributed by atoms with van der Waals surface area (Å²) in [6.45, 7) is 3.21. The van der Waals surface area contributed by atoms with Gasteiger partial charge in [-0.15, -0.1) is 12.4 Å². The standard InChI is InChI=1S/C15H16FN5O.ClH/c16-12-2-1-3-13(21-18-4-5-19-21)14(12)15(22)20-8-10-6-17-7-11(10)9-20;/h1-5,10-11,17H,6-9H2;1H. The summed E-state index contributed by atoms with van der Waals surface area (Å²) in [4.78, 5) is 15.8. The molecule has 0 aliphatic carbocycles. The molecule has 2 fully saturated rings. The van der Waals surface area contributed by atoms with Gasteiger partial charge in [0.2, 0.25) is 0 Å². The Kier molecular flexibility index (Phi) is 4.32. The minimum atomic E-state index is -0.532. The van der Waals surface area contributed by atoms with Gasteiger partial charge in [-0.2, -0.15) is 15.0 Å². The molecule has 2 atom stereocenters. The van der Waals surface area contributed by atoms with Gasteiger partial charge in [0.25, 0.3) is 5.91 Å². The molecule has 1 aromatic heterocycles. The third kappa shape index (κ3) is 2.70. The fourth-order valence-electron chi connectivity index (χ4n) is 3.41. The number of nitrogens with one attached hydrogen (secondary N) is 1. The van der Waals surface area contributed by atoms with E-state index in [9.17, 15) is 9.18 Å². The van der Waals surface area contributed by atoms with Crippen LogP contribution >= 0.6 is 12.4 Å². The smallest absolute Gasteiger partial charge is 0.259 e. The molecule has 2 aliphatic heterocycles. The summed E-state index contributed by atoms with van der Waals surface area (Å²) in [5.41, 5.74) is 0.428. The van der Waals surface area contributed by atoms with Crippen molar-refractivity contribution in [2.75, 3.05) is 26.2 Å². The van der Waals surface area contributed by atoms with Crippen LogP contribution in [0.15, 0.2) is 30.6 Å². The lowest BCUT2D eigenvalue weighted by molar-refractivity contribution is 0.0776. The second-order valence-corrected chi connectivity index (χ2v) is 5.84. The third-order valence-electron chi connectivity index (χ3n) is 4.52. The SMILES string of the molecule is Cl.O=C(c1c(F)cccc1-n1nccn1)N1CC2CNCC2C1. The van der Waals surface area contributed by atoms with Gasteiger partial charge < -0.3 is 10.2 Å². The quantitative estimate of drug-likeness (QED) is 0.892. The number of benzene rings is 1. The molecule has 4 rings (SSSR count). The minimum absolute atomic E-state index is 0. The van der Waals surface area contributed by atoms with Gasteiger partial charge in [-0.25, -0.2) is 4.39 Å². The van der Waals surface area contributed by atoms with Crippen molar-refractivity contribution in [3.05, 3.63) is 42.0 Å². The van der Waals surface area contributed by atoms with Gasteiger partial charge in [-0.3, -0.25) is 4.79 Å². The lowest BCUT2D eigenvalue weighted by Gasteiger charge is -2.19. The number of likely N-dealkylation sites (tertiary alicyclic amines) is 1. The zero-order valence-electron chi connectivity index (χ0n) is 12.4. The number of fused-ring (bicyclic) bond motifs is 1. The van der Waals surface area contributed by atoms with Crippen LogP contribution in [0.3, 0.4) is 0 Å². The number of carbonyl (C=O) groups is 1. The lowest BCUT2D eigenvalue weighted by atomic mass is 10.0. The average molecular weight is 338 g/mol. The topological polar surface area (TPSA) is 63.1 Å². The van der Waals surface area contributed by atoms with E-state index >= 15 is 0 Å². The fourth-order valence-corrected chi connectivity index (χ4v) is 3.41. The maximum absolute atomic E-state index is 14.3. The van der Waals surface area contributed by atoms with Gasteiger partial charge in [-0.1, -0.05) is 6.07 Å². The van der Waals surface area contributed by atoms with E-state index in [1.807, 2.05) is 0 Å². The molecular weight excluding hydrogens is 321 g/mol. The third-order valence-corrected chi connectivity index (χ3v) is 4.52. The molecule has 6 nitrogen and oxygen atoms in total. The van der Waals surface area contributed by atoms with Crippen molar-refractivity contribution in [2.24, 2.45) is 11.8 Å². The van der Waals surface area contributed by atoms with E-state index in [2.05, 4.69) is 15.5 Å². The highest BCUT2D eigenvalue weighted by molar-refractivity contribution is 5.98. The Bertz CT molecular complexity index is 696. The first-order valence-electron chi connectivity index (χ1n) is 7.39. The van der Waals surface area contributed by atoms with Crippen LogP contribution in [0, 0.1) is 17.7 Å². The fraction of sp³-hybridized carbons (Fsp3) is 0.400. The summed E-state index contributed by atoms with van der Waals surface area (Å²) in [6, 6.07) is 4.53. The minimum Gasteiger partial charge on any atom is -0.338 e. The van der Waals surface area contributed by atoms with E-state index in [4.69, 9.17) is 0 Å². The van der Waals surface area contributed by atoms with Crippen molar-refractivity contribution in [1.29, 1.82) is 0 Å². The highest BCUT2D eigenvalue weighted by atomic mass is 35.5. The molecule has 1 aromatic carbocycles. The molecule has 1 N–H and O–H groups in total. The summed E-state index contributed by atoms with van der Waals surface area (Å²) in [7, 11) is 0. The molecule has 2 unspecified atom stereocenters. The number of aromatic nitrogens is 3. The number of carbonyl (C=O) groups excluding carboxylic acids is 1. The van der Waals surface area contributed by atoms with Crippen LogP contribution in [-0.2, 0) is 0 Å². The monoisotopic (exact) mass is 337 g/mol. The Hall–Kier alpha value is -1.99. The predicted molar refractivity (Wildman–Crippen MR) is 84.3 cm³/mol. The molecule has 1 amide bonds. The van der Waals surface area contributed by atoms with Crippen molar-refractivity contribution in [3.63, 3.8) is 0 Å². The summed E-state index contributed by atoms with van der Waals surface area (Å²) >= 11 is 0. The van der Waals surface area contributed by atoms with Gasteiger partial charge in [0.05, 0.1) is 12.4 Å². The van der Waals surface area contributed by atoms with Crippen LogP contribution in [0.4, 0.5) is 4.39 Å². The first-order valence-corrected chi connectivity index (χ1v) is 7.39. The van der Waals surface area contributed by atoms with Gasteiger partial charge in [0.1, 0.15) is 17.1 Å². The number of hydrogen-bond donors (Lipinski definition) is 1. The van der Waals surface area contributed by atoms with Crippen LogP contribution in [0.1, 0.15) is 10.4 Å². The van der Waals surface area contributed by atoms with E-state index in [-0.39, 0.29) is 23.9 Å². The van der Waals surface area contributed by atoms with Crippen molar-refractivity contribution >= 4 is 18.3 Å². The second-order valence-electron chi connectivity index (χ2n) is 5.84. The summed E-state index contributed by atoms with van der Waals surface area (Å²) < 4.78 is 14.3. The summed E-state index contributed by atoms with van der Waals surface area (Å²) in [5.74, 6) is 0.138. The molecule has 0 saturated carbocycles. The molecule has 0 radical (unpaired) electrons. The number of hydrogen-bond acceptors (Lipinski definition) is 4. The maximum Gasteiger partial charge on any atom is 0.259 e. The van der Waals surface area contributed by atoms with Crippen molar-refractivity contribution in [2.45, 2.75) is 0 Å². The highest BCUT2D eigenvalue weighted by Gasteiger charge is 2.39. The van der Waals surface area contributed by atoms with E-state index in [0.717, 1.165) is 13.1 Å². The van der Waals surface area contributed by atoms with Crippen LogP contribution in [0.25, 0.3) is 5.69 Å². The van der Waals surface area contributed by atoms with E-state index in [0.29, 0.717) is 30.6 Å². The van der Waals surface area contributed by atoms with Crippen LogP contribution in [0.2, 0.25) is 0 Å². The first-order chi connectivity index (χ1) is 10.7. The molecule has 3 heterocycles. The van der Waals surface area contributed by atoms with Crippen LogP contribution in [-0.4, -0.2) is 52.0 Å².